The third kappa shape index (κ3) is 28.5. The molecular formula is C85H103Cl6N5O18S3. The van der Waals surface area contributed by atoms with Gasteiger partial charge in [-0.05, 0) is 188 Å². The highest BCUT2D eigenvalue weighted by Crippen LogP contribution is 2.43. The molecule has 23 nitrogen and oxygen atoms in total. The van der Waals surface area contributed by atoms with Gasteiger partial charge in [0.1, 0.15) is 0 Å². The SMILES string of the molecule is CN1Cc2c(Cl)cc(Cl)cc2C(c2cccc(S(=O)(=O)CCCOCCOCCOCCCC(=O)c3cc(C(=O)CCCOCCOCCOCCCS(=O)(=O)c4cccc(C5CN(C)Cc6c(Cl)cc(Cl)cc65)c4)cc(C(=O)NCCOCCOCCOCCNS(=O)(=O)c4cccc(C5CN(C)Cc6c(Cl)cc(Cl)cc65)c4)c3)c2)C1. The van der Waals surface area contributed by atoms with E-state index in [-0.39, 0.29) is 217 Å². The van der Waals surface area contributed by atoms with Gasteiger partial charge in [0.05, 0.1) is 119 Å². The van der Waals surface area contributed by atoms with Gasteiger partial charge < -0.3 is 62.6 Å². The van der Waals surface area contributed by atoms with Crippen LogP contribution in [0.1, 0.15) is 137 Å². The maximum Gasteiger partial charge on any atom is 0.251 e. The summed E-state index contributed by atoms with van der Waals surface area (Å²) in [7, 11) is -5.06. The molecule has 10 rings (SSSR count). The van der Waals surface area contributed by atoms with E-state index in [2.05, 4.69) is 24.7 Å². The first-order valence-corrected chi connectivity index (χ1v) is 46.2. The molecule has 3 aliphatic rings. The molecule has 3 unspecified atom stereocenters. The highest BCUT2D eigenvalue weighted by Gasteiger charge is 2.33. The Balaban J connectivity index is 0.601. The van der Waals surface area contributed by atoms with Gasteiger partial charge in [0.15, 0.2) is 31.2 Å². The molecule has 3 aliphatic heterocycles. The number of hydrogen-bond donors (Lipinski definition) is 2. The summed E-state index contributed by atoms with van der Waals surface area (Å²) in [6.07, 6.45) is 1.43. The molecular weight excluding hydrogens is 1690 g/mol. The number of ether oxygens (including phenoxy) is 9. The highest BCUT2D eigenvalue weighted by molar-refractivity contribution is 7.91. The zero-order chi connectivity index (χ0) is 83.5. The standard InChI is InChI=1S/C85H103Cl6N5O18S3/c1-94-53-74(71-47-65(86)50-80(89)77(71)56-94)59-11-4-14-68(44-59)115(100,101)39-9-23-108-29-35-112-33-27-106-21-7-17-83(97)62-41-63(84(98)18-8-22-107-28-34-113-36-30-109-24-10-40-116(102,103)69-15-5-12-60(45-69)75-54-95(2)57-78-72(75)48-66(87)51-81(78)90)43-64(42-62)85(99)92-19-25-110-31-37-114-38-32-111-26-20-93-117(104,105)70-16-6-13-61(46-70)76-55-96(3)58-79-73(76)49-67(88)52-82(79)91/h4-6,11-16,41-52,74-76,93H,7-10,17-40,53-58H2,1-3H3,(H,92,99). The molecule has 0 spiro atoms. The lowest BCUT2D eigenvalue weighted by molar-refractivity contribution is 0.0142. The van der Waals surface area contributed by atoms with Crippen LogP contribution in [0.25, 0.3) is 0 Å². The molecule has 0 aliphatic carbocycles. The van der Waals surface area contributed by atoms with Crippen LogP contribution in [0.15, 0.2) is 142 Å². The van der Waals surface area contributed by atoms with Crippen molar-refractivity contribution >= 4 is 117 Å². The van der Waals surface area contributed by atoms with Crippen LogP contribution in [0.5, 0.6) is 0 Å². The van der Waals surface area contributed by atoms with E-state index in [1.165, 1.54) is 18.2 Å². The molecule has 2 N–H and O–H groups in total. The molecule has 0 saturated heterocycles. The van der Waals surface area contributed by atoms with Crippen molar-refractivity contribution in [3.63, 3.8) is 0 Å². The number of sulfone groups is 2. The average Bonchev–Trinajstić information content (AvgIpc) is 0.781. The van der Waals surface area contributed by atoms with Gasteiger partial charge in [0.25, 0.3) is 5.91 Å². The van der Waals surface area contributed by atoms with E-state index in [4.69, 9.17) is 112 Å². The third-order valence-corrected chi connectivity index (χ3v) is 26.9. The van der Waals surface area contributed by atoms with E-state index < -0.39 is 35.6 Å². The fourth-order valence-corrected chi connectivity index (χ4v) is 19.9. The number of nitrogens with one attached hydrogen (secondary N) is 2. The lowest BCUT2D eigenvalue weighted by Crippen LogP contribution is -2.31. The molecule has 7 aromatic carbocycles. The number of Topliss-reactive ketones (excluding diaryl/α,β-unsaturated/α-hetero) is 2. The Morgan fingerprint density at radius 3 is 1.04 bits per heavy atom. The molecule has 0 aromatic heterocycles. The van der Waals surface area contributed by atoms with Gasteiger partial charge in [-0.1, -0.05) is 106 Å². The molecule has 117 heavy (non-hydrogen) atoms. The van der Waals surface area contributed by atoms with E-state index in [9.17, 15) is 39.6 Å². The van der Waals surface area contributed by atoms with Crippen LogP contribution in [-0.4, -0.2) is 242 Å². The fourth-order valence-electron chi connectivity index (χ4n) is 14.4. The number of sulfonamides is 1. The maximum absolute atomic E-state index is 13.7. The van der Waals surface area contributed by atoms with Gasteiger partial charge in [-0.2, -0.15) is 0 Å². The first kappa shape index (κ1) is 93.7. The van der Waals surface area contributed by atoms with Crippen molar-refractivity contribution in [2.45, 2.75) is 90.6 Å². The van der Waals surface area contributed by atoms with Gasteiger partial charge in [-0.3, -0.25) is 14.4 Å². The summed E-state index contributed by atoms with van der Waals surface area (Å²) in [6.45, 7) is 8.26. The van der Waals surface area contributed by atoms with E-state index in [0.717, 1.165) is 50.1 Å². The summed E-state index contributed by atoms with van der Waals surface area (Å²) in [4.78, 5) is 48.2. The highest BCUT2D eigenvalue weighted by atomic mass is 35.5. The van der Waals surface area contributed by atoms with Gasteiger partial charge in [-0.25, -0.2) is 30.0 Å². The second kappa shape index (κ2) is 46.6. The monoisotopic (exact) mass is 1790 g/mol. The number of carbonyl (C=O) groups is 3. The van der Waals surface area contributed by atoms with Gasteiger partial charge in [0, 0.05) is 156 Å². The summed E-state index contributed by atoms with van der Waals surface area (Å²) in [5, 5.41) is 6.15. The molecule has 1 amide bonds. The van der Waals surface area contributed by atoms with Crippen molar-refractivity contribution in [2.75, 3.05) is 184 Å². The third-order valence-electron chi connectivity index (χ3n) is 20.2. The van der Waals surface area contributed by atoms with Crippen LogP contribution in [0.4, 0.5) is 0 Å². The summed E-state index contributed by atoms with van der Waals surface area (Å²) in [5.74, 6) is -1.60. The van der Waals surface area contributed by atoms with Gasteiger partial charge >= 0.3 is 0 Å². The van der Waals surface area contributed by atoms with Crippen LogP contribution < -0.4 is 10.0 Å². The number of rotatable bonds is 50. The predicted octanol–water partition coefficient (Wildman–Crippen LogP) is 13.9. The second-order valence-corrected chi connectivity index (χ2v) is 37.7. The molecule has 0 fully saturated rings. The number of halogens is 6. The normalized spacial score (nSPS) is 16.1. The topological polar surface area (TPSA) is 270 Å². The van der Waals surface area contributed by atoms with Crippen LogP contribution in [0.3, 0.4) is 0 Å². The number of fused-ring (bicyclic) bond motifs is 3. The van der Waals surface area contributed by atoms with E-state index >= 15 is 0 Å². The summed E-state index contributed by atoms with van der Waals surface area (Å²) in [6, 6.07) is 36.3. The Morgan fingerprint density at radius 1 is 0.368 bits per heavy atom. The summed E-state index contributed by atoms with van der Waals surface area (Å²) in [5.41, 5.74) is 8.98. The lowest BCUT2D eigenvalue weighted by Gasteiger charge is -2.33. The number of benzene rings is 7. The van der Waals surface area contributed by atoms with E-state index in [0.29, 0.717) is 95.1 Å². The molecule has 0 radical (unpaired) electrons. The number of likely N-dealkylation sites (N-methyl/N-ethyl adjacent to an activating group) is 3. The molecule has 32 heteroatoms. The van der Waals surface area contributed by atoms with Crippen LogP contribution in [0, 0.1) is 0 Å². The number of amides is 1. The van der Waals surface area contributed by atoms with Crippen LogP contribution >= 0.6 is 69.6 Å². The minimum Gasteiger partial charge on any atom is -0.379 e. The Labute approximate surface area is 717 Å². The minimum absolute atomic E-state index is 0.0408. The number of ketones is 2. The largest absolute Gasteiger partial charge is 0.379 e. The Hall–Kier alpha value is -5.58. The molecule has 636 valence electrons. The predicted molar refractivity (Wildman–Crippen MR) is 455 cm³/mol. The molecule has 7 aromatic rings. The Kier molecular flexibility index (Phi) is 37.3. The first-order chi connectivity index (χ1) is 56.2. The number of carbonyl (C=O) groups excluding carboxylic acids is 3. The molecule has 0 saturated carbocycles. The van der Waals surface area contributed by atoms with E-state index in [1.54, 1.807) is 72.8 Å². The summed E-state index contributed by atoms with van der Waals surface area (Å²) < 4.78 is 134. The quantitative estimate of drug-likeness (QED) is 0.0265. The maximum atomic E-state index is 13.7. The van der Waals surface area contributed by atoms with Gasteiger partial charge in [0.2, 0.25) is 10.0 Å². The van der Waals surface area contributed by atoms with Crippen molar-refractivity contribution in [1.82, 2.24) is 24.7 Å². The van der Waals surface area contributed by atoms with Crippen molar-refractivity contribution in [2.24, 2.45) is 0 Å². The zero-order valence-corrected chi connectivity index (χ0v) is 73.1. The zero-order valence-electron chi connectivity index (χ0n) is 66.1. The van der Waals surface area contributed by atoms with Crippen molar-refractivity contribution in [3.05, 3.63) is 224 Å². The lowest BCUT2D eigenvalue weighted by atomic mass is 9.85. The average molecular weight is 1790 g/mol. The van der Waals surface area contributed by atoms with Crippen molar-refractivity contribution in [1.29, 1.82) is 0 Å². The summed E-state index contributed by atoms with van der Waals surface area (Å²) >= 11 is 38.9. The minimum atomic E-state index is -3.86. The molecule has 3 heterocycles. The van der Waals surface area contributed by atoms with Gasteiger partial charge in [-0.15, -0.1) is 0 Å². The molecule has 3 atom stereocenters. The smallest absolute Gasteiger partial charge is 0.251 e. The first-order valence-electron chi connectivity index (χ1n) is 39.2. The Bertz CT molecular complexity index is 4370. The number of nitrogens with zero attached hydrogens (tertiary/aromatic N) is 3. The van der Waals surface area contributed by atoms with E-state index in [1.807, 2.05) is 57.5 Å². The van der Waals surface area contributed by atoms with Crippen LogP contribution in [0.2, 0.25) is 30.1 Å². The fraction of sp³-hybridized carbons (Fsp3) is 0.471. The van der Waals surface area contributed by atoms with Crippen LogP contribution in [-0.2, 0) is 92.0 Å². The van der Waals surface area contributed by atoms with Crippen molar-refractivity contribution in [3.8, 4) is 0 Å². The van der Waals surface area contributed by atoms with Crippen molar-refractivity contribution < 1.29 is 82.3 Å². The number of hydrogen-bond acceptors (Lipinski definition) is 21. The molecule has 0 bridgehead atoms. The second-order valence-electron chi connectivity index (χ2n) is 29.2. The Morgan fingerprint density at radius 2 is 0.675 bits per heavy atom.